The molecule has 1 aliphatic heterocycles. The number of nitrogens with one attached hydrogen (secondary N) is 1. The van der Waals surface area contributed by atoms with Crippen LogP contribution < -0.4 is 11.1 Å². The number of aromatic nitrogens is 3. The summed E-state index contributed by atoms with van der Waals surface area (Å²) in [5, 5.41) is 13.2. The number of carbonyl (C=O) groups is 1. The number of amides is 1. The first-order valence-electron chi connectivity index (χ1n) is 12.2. The third-order valence-corrected chi connectivity index (χ3v) is 9.10. The van der Waals surface area contributed by atoms with E-state index in [9.17, 15) is 14.3 Å². The SMILES string of the molecule is C=C(C)C(=O)Nc1ccc(-c2c(-c3ccc(N=S4(=O)CCCC4)c(F)c3)c3c(N)ncnc3n2C)c(C#N)c1. The lowest BCUT2D eigenvalue weighted by molar-refractivity contribution is -0.112. The molecule has 0 saturated carbocycles. The molecule has 0 atom stereocenters. The minimum atomic E-state index is -2.45. The Labute approximate surface area is 225 Å². The quantitative estimate of drug-likeness (QED) is 0.327. The summed E-state index contributed by atoms with van der Waals surface area (Å²) >= 11 is 0. The molecule has 1 fully saturated rings. The molecule has 39 heavy (non-hydrogen) atoms. The number of rotatable bonds is 5. The number of fused-ring (bicyclic) bond motifs is 1. The maximum absolute atomic E-state index is 15.4. The van der Waals surface area contributed by atoms with Crippen molar-refractivity contribution >= 4 is 43.9 Å². The van der Waals surface area contributed by atoms with Crippen LogP contribution in [0.25, 0.3) is 33.4 Å². The van der Waals surface area contributed by atoms with Gasteiger partial charge in [0.1, 0.15) is 29.3 Å². The van der Waals surface area contributed by atoms with E-state index in [0.717, 1.165) is 12.8 Å². The second kappa shape index (κ2) is 9.96. The van der Waals surface area contributed by atoms with Crippen LogP contribution in [-0.2, 0) is 21.6 Å². The van der Waals surface area contributed by atoms with E-state index in [0.29, 0.717) is 56.2 Å². The van der Waals surface area contributed by atoms with Crippen molar-refractivity contribution < 1.29 is 13.4 Å². The average molecular weight is 544 g/mol. The number of nitrogens with two attached hydrogens (primary N) is 1. The molecule has 0 spiro atoms. The van der Waals surface area contributed by atoms with E-state index in [1.54, 1.807) is 42.8 Å². The normalized spacial score (nSPS) is 14.2. The first-order valence-corrected chi connectivity index (χ1v) is 14.1. The van der Waals surface area contributed by atoms with Gasteiger partial charge >= 0.3 is 0 Å². The number of nitrogen functional groups attached to an aromatic ring is 1. The number of hydrogen-bond donors (Lipinski definition) is 2. The van der Waals surface area contributed by atoms with E-state index in [-0.39, 0.29) is 23.0 Å². The van der Waals surface area contributed by atoms with Gasteiger partial charge in [0.25, 0.3) is 5.91 Å². The maximum Gasteiger partial charge on any atom is 0.250 e. The molecule has 1 saturated heterocycles. The Morgan fingerprint density at radius 3 is 2.64 bits per heavy atom. The molecule has 2 aromatic heterocycles. The van der Waals surface area contributed by atoms with Crippen LogP contribution in [0.15, 0.2) is 59.2 Å². The van der Waals surface area contributed by atoms with E-state index >= 15 is 4.39 Å². The first-order chi connectivity index (χ1) is 18.6. The summed E-state index contributed by atoms with van der Waals surface area (Å²) in [6, 6.07) is 11.7. The van der Waals surface area contributed by atoms with Gasteiger partial charge < -0.3 is 15.6 Å². The molecule has 0 aliphatic carbocycles. The highest BCUT2D eigenvalue weighted by Crippen LogP contribution is 2.43. The maximum atomic E-state index is 15.4. The second-order valence-electron chi connectivity index (χ2n) is 9.49. The molecule has 4 aromatic rings. The van der Waals surface area contributed by atoms with Crippen molar-refractivity contribution in [3.8, 4) is 28.5 Å². The molecule has 11 heteroatoms. The number of nitriles is 1. The van der Waals surface area contributed by atoms with Gasteiger partial charge in [0.05, 0.1) is 32.4 Å². The van der Waals surface area contributed by atoms with Crippen LogP contribution in [0.3, 0.4) is 0 Å². The summed E-state index contributed by atoms with van der Waals surface area (Å²) in [5.41, 5.74) is 9.98. The molecule has 0 bridgehead atoms. The Bertz CT molecular complexity index is 1830. The van der Waals surface area contributed by atoms with Gasteiger partial charge in [-0.15, -0.1) is 0 Å². The zero-order valence-electron chi connectivity index (χ0n) is 21.5. The predicted octanol–water partition coefficient (Wildman–Crippen LogP) is 5.30. The van der Waals surface area contributed by atoms with Crippen LogP contribution in [0, 0.1) is 17.1 Å². The van der Waals surface area contributed by atoms with E-state index in [1.807, 2.05) is 0 Å². The zero-order chi connectivity index (χ0) is 27.9. The average Bonchev–Trinajstić information content (AvgIpc) is 3.47. The Balaban J connectivity index is 1.72. The highest BCUT2D eigenvalue weighted by molar-refractivity contribution is 7.93. The Kier molecular flexibility index (Phi) is 6.66. The van der Waals surface area contributed by atoms with Gasteiger partial charge in [0.15, 0.2) is 0 Å². The van der Waals surface area contributed by atoms with Crippen LogP contribution in [0.4, 0.5) is 21.6 Å². The molecule has 198 valence electrons. The molecule has 3 N–H and O–H groups in total. The minimum absolute atomic E-state index is 0.0481. The fourth-order valence-corrected chi connectivity index (χ4v) is 7.00. The molecule has 1 aliphatic rings. The number of nitrogens with zero attached hydrogens (tertiary/aromatic N) is 5. The first kappa shape index (κ1) is 26.1. The van der Waals surface area contributed by atoms with Crippen molar-refractivity contribution in [2.75, 3.05) is 22.6 Å². The van der Waals surface area contributed by atoms with Gasteiger partial charge in [-0.3, -0.25) is 4.79 Å². The van der Waals surface area contributed by atoms with Crippen molar-refractivity contribution in [1.29, 1.82) is 5.26 Å². The van der Waals surface area contributed by atoms with Gasteiger partial charge in [-0.05, 0) is 55.7 Å². The summed E-state index contributed by atoms with van der Waals surface area (Å²) < 4.78 is 34.3. The van der Waals surface area contributed by atoms with Gasteiger partial charge in [-0.25, -0.2) is 18.6 Å². The highest BCUT2D eigenvalue weighted by atomic mass is 32.2. The Morgan fingerprint density at radius 2 is 1.97 bits per heavy atom. The molecule has 5 rings (SSSR count). The summed E-state index contributed by atoms with van der Waals surface area (Å²) in [6.07, 6.45) is 2.97. The summed E-state index contributed by atoms with van der Waals surface area (Å²) in [7, 11) is -0.679. The highest BCUT2D eigenvalue weighted by Gasteiger charge is 2.25. The van der Waals surface area contributed by atoms with E-state index in [1.165, 1.54) is 18.5 Å². The number of halogens is 1. The molecule has 0 unspecified atom stereocenters. The van der Waals surface area contributed by atoms with Crippen molar-refractivity contribution in [2.24, 2.45) is 11.4 Å². The molecular formula is C28H26FN7O2S. The van der Waals surface area contributed by atoms with Crippen LogP contribution in [-0.4, -0.2) is 36.2 Å². The molecule has 0 radical (unpaired) electrons. The molecule has 9 nitrogen and oxygen atoms in total. The van der Waals surface area contributed by atoms with Gasteiger partial charge in [-0.2, -0.15) is 9.62 Å². The number of benzene rings is 2. The predicted molar refractivity (Wildman–Crippen MR) is 151 cm³/mol. The Hall–Kier alpha value is -4.56. The summed E-state index contributed by atoms with van der Waals surface area (Å²) in [4.78, 5) is 20.7. The summed E-state index contributed by atoms with van der Waals surface area (Å²) in [5.74, 6) is 0.160. The lowest BCUT2D eigenvalue weighted by Gasteiger charge is -2.13. The van der Waals surface area contributed by atoms with E-state index < -0.39 is 15.5 Å². The standard InChI is InChI=1S/C28H26FN7O2S/c1-16(2)28(37)34-19-7-8-20(18(12-19)14-30)25-23(24-26(31)32-15-33-27(24)36(25)3)17-6-9-22(21(29)13-17)35-39(38)10-4-5-11-39/h6-9,12-13,15H,1,4-5,10-11H2,2-3H3,(H,34,37)(H2,31,32,33). The fourth-order valence-electron chi connectivity index (χ4n) is 4.80. The summed E-state index contributed by atoms with van der Waals surface area (Å²) in [6.45, 7) is 5.22. The number of aryl methyl sites for hydroxylation is 1. The zero-order valence-corrected chi connectivity index (χ0v) is 22.3. The number of carbonyl (C=O) groups excluding carboxylic acids is 1. The second-order valence-corrected chi connectivity index (χ2v) is 12.0. The Morgan fingerprint density at radius 1 is 1.23 bits per heavy atom. The molecular weight excluding hydrogens is 517 g/mol. The smallest absolute Gasteiger partial charge is 0.250 e. The third-order valence-electron chi connectivity index (χ3n) is 6.71. The minimum Gasteiger partial charge on any atom is -0.383 e. The van der Waals surface area contributed by atoms with Gasteiger partial charge in [-0.1, -0.05) is 12.6 Å². The van der Waals surface area contributed by atoms with Gasteiger partial charge in [0, 0.05) is 40.9 Å². The lowest BCUT2D eigenvalue weighted by Crippen LogP contribution is -2.12. The topological polar surface area (TPSA) is 139 Å². The molecule has 3 heterocycles. The van der Waals surface area contributed by atoms with Gasteiger partial charge in [0.2, 0.25) is 0 Å². The molecule has 2 aromatic carbocycles. The van der Waals surface area contributed by atoms with E-state index in [4.69, 9.17) is 5.73 Å². The van der Waals surface area contributed by atoms with Crippen molar-refractivity contribution in [1.82, 2.24) is 14.5 Å². The van der Waals surface area contributed by atoms with Crippen molar-refractivity contribution in [3.05, 3.63) is 66.3 Å². The van der Waals surface area contributed by atoms with E-state index in [2.05, 4.69) is 32.3 Å². The van der Waals surface area contributed by atoms with Crippen LogP contribution in [0.5, 0.6) is 0 Å². The van der Waals surface area contributed by atoms with Crippen LogP contribution >= 0.6 is 0 Å². The number of anilines is 2. The fraction of sp³-hybridized carbons (Fsp3) is 0.214. The number of hydrogen-bond acceptors (Lipinski definition) is 7. The third kappa shape index (κ3) is 4.75. The van der Waals surface area contributed by atoms with Crippen LogP contribution in [0.2, 0.25) is 0 Å². The largest absolute Gasteiger partial charge is 0.383 e. The monoisotopic (exact) mass is 543 g/mol. The van der Waals surface area contributed by atoms with Crippen molar-refractivity contribution in [2.45, 2.75) is 19.8 Å². The lowest BCUT2D eigenvalue weighted by atomic mass is 9.95. The molecule has 1 amide bonds. The van der Waals surface area contributed by atoms with Crippen LogP contribution in [0.1, 0.15) is 25.3 Å². The van der Waals surface area contributed by atoms with Crippen molar-refractivity contribution in [3.63, 3.8) is 0 Å².